The molecule has 0 bridgehead atoms. The number of alkyl halides is 3. The highest BCUT2D eigenvalue weighted by molar-refractivity contribution is 6.31. The first kappa shape index (κ1) is 29.0. The Hall–Kier alpha value is -4.54. The third kappa shape index (κ3) is 6.49. The zero-order valence-corrected chi connectivity index (χ0v) is 21.7. The number of nitrogens with one attached hydrogen (secondary N) is 1. The van der Waals surface area contributed by atoms with E-state index in [-0.39, 0.29) is 18.1 Å². The number of nitrogens with zero attached hydrogens (tertiary/aromatic N) is 3. The van der Waals surface area contributed by atoms with Gasteiger partial charge in [-0.05, 0) is 43.7 Å². The van der Waals surface area contributed by atoms with Crippen molar-refractivity contribution in [2.45, 2.75) is 31.7 Å². The minimum atomic E-state index is -4.77. The number of halogens is 3. The number of rotatable bonds is 12. The lowest BCUT2D eigenvalue weighted by Gasteiger charge is -2.34. The summed E-state index contributed by atoms with van der Waals surface area (Å²) in [5.41, 5.74) is 0.665. The van der Waals surface area contributed by atoms with Gasteiger partial charge in [0.15, 0.2) is 0 Å². The van der Waals surface area contributed by atoms with Gasteiger partial charge in [0.1, 0.15) is 30.1 Å². The lowest BCUT2D eigenvalue weighted by molar-refractivity contribution is -0.274. The van der Waals surface area contributed by atoms with Gasteiger partial charge in [0.25, 0.3) is 0 Å². The first-order valence-electron chi connectivity index (χ1n) is 11.9. The Labute approximate surface area is 223 Å². The van der Waals surface area contributed by atoms with Crippen LogP contribution < -0.4 is 31.3 Å². The van der Waals surface area contributed by atoms with Gasteiger partial charge in [-0.15, -0.1) is 13.2 Å². The van der Waals surface area contributed by atoms with Crippen LogP contribution in [-0.4, -0.2) is 42.8 Å². The van der Waals surface area contributed by atoms with Crippen molar-refractivity contribution in [2.75, 3.05) is 13.7 Å². The number of ether oxygens (including phenoxy) is 2. The van der Waals surface area contributed by atoms with Gasteiger partial charge in [-0.3, -0.25) is 4.99 Å². The van der Waals surface area contributed by atoms with E-state index in [1.54, 1.807) is 13.1 Å². The van der Waals surface area contributed by atoms with Crippen molar-refractivity contribution in [1.82, 2.24) is 9.88 Å². The van der Waals surface area contributed by atoms with Crippen LogP contribution in [0.2, 0.25) is 0 Å². The second kappa shape index (κ2) is 11.9. The highest BCUT2D eigenvalue weighted by Crippen LogP contribution is 2.29. The minimum absolute atomic E-state index is 0.0445. The third-order valence-electron chi connectivity index (χ3n) is 6.33. The molecule has 39 heavy (non-hydrogen) atoms. The van der Waals surface area contributed by atoms with E-state index >= 15 is 0 Å². The molecule has 0 saturated heterocycles. The van der Waals surface area contributed by atoms with Crippen LogP contribution in [0.5, 0.6) is 11.5 Å². The standard InChI is InChI=1S/C28H30F3N5O3/c1-18-24-8-6-9-25(26(24)19(2)36(18)27(4,14-7-15-37)20(3)33-5)38-17-22(35-32)16-34-21-10-12-23(13-11-21)39-28(29,30)31/h6,8-13,15-16,33H,1-3,7,14,17,32H2,4-5H3/t27-/m0/s1. The quantitative estimate of drug-likeness (QED) is 0.157. The maximum absolute atomic E-state index is 12.3. The van der Waals surface area contributed by atoms with E-state index in [9.17, 15) is 18.0 Å². The summed E-state index contributed by atoms with van der Waals surface area (Å²) in [4.78, 5) is 15.4. The lowest BCUT2D eigenvalue weighted by atomic mass is 9.92. The number of carbonyl (C=O) groups is 1. The number of hydrogen-bond donors (Lipinski definition) is 2. The number of hydrazone groups is 1. The Morgan fingerprint density at radius 1 is 1.15 bits per heavy atom. The Morgan fingerprint density at radius 2 is 1.85 bits per heavy atom. The van der Waals surface area contributed by atoms with Crippen LogP contribution in [0.3, 0.4) is 0 Å². The SMILES string of the molecule is C=C(NC)[C@](C)(CCC=O)n1c(=C)c2cccc(OCC(C=Nc3ccc(OC(F)(F)F)cc3)=NN)c2c1=C. The largest absolute Gasteiger partial charge is 0.573 e. The molecule has 11 heteroatoms. The summed E-state index contributed by atoms with van der Waals surface area (Å²) in [5, 5.41) is 9.68. The lowest BCUT2D eigenvalue weighted by Crippen LogP contribution is -2.47. The van der Waals surface area contributed by atoms with Crippen molar-refractivity contribution in [2.24, 2.45) is 15.9 Å². The van der Waals surface area contributed by atoms with E-state index in [1.807, 2.05) is 23.6 Å². The van der Waals surface area contributed by atoms with Crippen molar-refractivity contribution in [3.05, 3.63) is 65.4 Å². The van der Waals surface area contributed by atoms with Gasteiger partial charge in [-0.1, -0.05) is 31.9 Å². The van der Waals surface area contributed by atoms with Gasteiger partial charge in [0.05, 0.1) is 17.4 Å². The van der Waals surface area contributed by atoms with E-state index < -0.39 is 11.9 Å². The molecule has 3 aromatic rings. The van der Waals surface area contributed by atoms with E-state index in [0.717, 1.165) is 29.2 Å². The first-order valence-corrected chi connectivity index (χ1v) is 11.9. The number of benzene rings is 2. The molecule has 206 valence electrons. The van der Waals surface area contributed by atoms with Gasteiger partial charge in [0.2, 0.25) is 0 Å². The second-order valence-electron chi connectivity index (χ2n) is 8.82. The van der Waals surface area contributed by atoms with Crippen molar-refractivity contribution in [1.29, 1.82) is 0 Å². The van der Waals surface area contributed by atoms with Gasteiger partial charge in [-0.2, -0.15) is 5.10 Å². The number of fused-ring (bicyclic) bond motifs is 1. The molecule has 0 aliphatic rings. The van der Waals surface area contributed by atoms with Crippen molar-refractivity contribution >= 4 is 47.8 Å². The van der Waals surface area contributed by atoms with Crippen LogP contribution in [-0.2, 0) is 10.3 Å². The molecule has 0 spiro atoms. The average molecular weight is 542 g/mol. The second-order valence-corrected chi connectivity index (χ2v) is 8.82. The van der Waals surface area contributed by atoms with Crippen LogP contribution in [0, 0.1) is 0 Å². The molecule has 1 aromatic heterocycles. The van der Waals surface area contributed by atoms with Crippen LogP contribution in [0.1, 0.15) is 19.8 Å². The summed E-state index contributed by atoms with van der Waals surface area (Å²) < 4.78 is 48.9. The van der Waals surface area contributed by atoms with E-state index in [0.29, 0.717) is 40.7 Å². The number of likely N-dealkylation sites (N-methyl/N-ethyl adjacent to an activating group) is 1. The van der Waals surface area contributed by atoms with Gasteiger partial charge >= 0.3 is 6.36 Å². The predicted octanol–water partition coefficient (Wildman–Crippen LogP) is 3.88. The van der Waals surface area contributed by atoms with E-state index in [1.165, 1.54) is 18.3 Å². The molecule has 0 radical (unpaired) electrons. The fraction of sp³-hybridized carbons (Fsp3) is 0.250. The molecule has 3 rings (SSSR count). The van der Waals surface area contributed by atoms with Crippen molar-refractivity contribution < 1.29 is 27.4 Å². The summed E-state index contributed by atoms with van der Waals surface area (Å²) in [5.74, 6) is 5.67. The molecule has 0 aliphatic heterocycles. The smallest absolute Gasteiger partial charge is 0.486 e. The van der Waals surface area contributed by atoms with Crippen LogP contribution in [0.15, 0.2) is 64.8 Å². The number of aldehydes is 1. The number of aliphatic imine (C=N–C) groups is 1. The van der Waals surface area contributed by atoms with Gasteiger partial charge < -0.3 is 30.0 Å². The molecule has 0 saturated carbocycles. The topological polar surface area (TPSA) is 103 Å². The molecule has 2 aromatic carbocycles. The maximum Gasteiger partial charge on any atom is 0.573 e. The van der Waals surface area contributed by atoms with Gasteiger partial charge in [0, 0.05) is 40.6 Å². The molecule has 1 heterocycles. The highest BCUT2D eigenvalue weighted by atomic mass is 19.4. The molecular formula is C28H30F3N5O3. The van der Waals surface area contributed by atoms with Crippen molar-refractivity contribution in [3.63, 3.8) is 0 Å². The summed E-state index contributed by atoms with van der Waals surface area (Å²) in [6.45, 7) is 14.6. The zero-order chi connectivity index (χ0) is 28.8. The fourth-order valence-corrected chi connectivity index (χ4v) is 4.33. The maximum atomic E-state index is 12.3. The monoisotopic (exact) mass is 541 g/mol. The summed E-state index contributed by atoms with van der Waals surface area (Å²) in [7, 11) is 1.77. The molecular weight excluding hydrogens is 511 g/mol. The number of carbonyl (C=O) groups excluding carboxylic acids is 1. The first-order chi connectivity index (χ1) is 18.4. The zero-order valence-electron chi connectivity index (χ0n) is 21.7. The molecule has 0 aliphatic carbocycles. The Balaban J connectivity index is 1.87. The summed E-state index contributed by atoms with van der Waals surface area (Å²) in [6.07, 6.45) is -1.74. The Bertz CT molecular complexity index is 1510. The third-order valence-corrected chi connectivity index (χ3v) is 6.33. The van der Waals surface area contributed by atoms with E-state index in [4.69, 9.17) is 10.6 Å². The number of hydrogen-bond acceptors (Lipinski definition) is 7. The average Bonchev–Trinajstić information content (AvgIpc) is 3.17. The fourth-order valence-electron chi connectivity index (χ4n) is 4.33. The Kier molecular flexibility index (Phi) is 8.85. The number of nitrogens with two attached hydrogens (primary N) is 1. The van der Waals surface area contributed by atoms with Crippen LogP contribution >= 0.6 is 0 Å². The number of allylic oxidation sites excluding steroid dienone is 1. The predicted molar refractivity (Wildman–Crippen MR) is 148 cm³/mol. The normalized spacial score (nSPS) is 13.8. The van der Waals surface area contributed by atoms with Gasteiger partial charge in [-0.25, -0.2) is 0 Å². The van der Waals surface area contributed by atoms with Crippen LogP contribution in [0.25, 0.3) is 23.9 Å². The minimum Gasteiger partial charge on any atom is -0.486 e. The summed E-state index contributed by atoms with van der Waals surface area (Å²) >= 11 is 0. The molecule has 0 fully saturated rings. The highest BCUT2D eigenvalue weighted by Gasteiger charge is 2.32. The molecule has 0 unspecified atom stereocenters. The van der Waals surface area contributed by atoms with E-state index in [2.05, 4.69) is 39.9 Å². The molecule has 3 N–H and O–H groups in total. The van der Waals surface area contributed by atoms with Crippen molar-refractivity contribution in [3.8, 4) is 11.5 Å². The van der Waals surface area contributed by atoms with Crippen LogP contribution in [0.4, 0.5) is 18.9 Å². The summed E-state index contributed by atoms with van der Waals surface area (Å²) in [6, 6.07) is 10.5. The number of aromatic nitrogens is 1. The Morgan fingerprint density at radius 3 is 2.44 bits per heavy atom. The molecule has 1 atom stereocenters. The molecule has 0 amide bonds. The molecule has 8 nitrogen and oxygen atoms in total.